The number of rotatable bonds is 5. The molecular formula is C19H20N4O3. The molecule has 7 heteroatoms. The zero-order valence-corrected chi connectivity index (χ0v) is 14.3. The van der Waals surface area contributed by atoms with Crippen molar-refractivity contribution in [2.24, 2.45) is 0 Å². The molecule has 1 aromatic carbocycles. The highest BCUT2D eigenvalue weighted by atomic mass is 16.4. The van der Waals surface area contributed by atoms with Crippen molar-refractivity contribution in [3.8, 4) is 11.7 Å². The van der Waals surface area contributed by atoms with Crippen molar-refractivity contribution in [3.63, 3.8) is 0 Å². The second-order valence-electron chi connectivity index (χ2n) is 6.37. The van der Waals surface area contributed by atoms with E-state index >= 15 is 0 Å². The Balaban J connectivity index is 1.27. The highest BCUT2D eigenvalue weighted by Crippen LogP contribution is 2.19. The van der Waals surface area contributed by atoms with E-state index < -0.39 is 0 Å². The summed E-state index contributed by atoms with van der Waals surface area (Å²) in [6, 6.07) is 13.1. The Morgan fingerprint density at radius 3 is 2.65 bits per heavy atom. The molecule has 1 amide bonds. The number of benzene rings is 1. The lowest BCUT2D eigenvalue weighted by atomic mass is 10.0. The van der Waals surface area contributed by atoms with Crippen molar-refractivity contribution in [2.75, 3.05) is 13.1 Å². The first-order valence-electron chi connectivity index (χ1n) is 8.72. The van der Waals surface area contributed by atoms with Gasteiger partial charge in [0.05, 0.1) is 12.8 Å². The molecule has 0 aliphatic carbocycles. The Labute approximate surface area is 151 Å². The maximum atomic E-state index is 12.2. The van der Waals surface area contributed by atoms with E-state index in [2.05, 4.69) is 20.4 Å². The van der Waals surface area contributed by atoms with Gasteiger partial charge >= 0.3 is 0 Å². The van der Waals surface area contributed by atoms with E-state index in [0.717, 1.165) is 25.9 Å². The van der Waals surface area contributed by atoms with Crippen LogP contribution in [0.4, 0.5) is 0 Å². The monoisotopic (exact) mass is 352 g/mol. The van der Waals surface area contributed by atoms with Gasteiger partial charge in [-0.2, -0.15) is 0 Å². The van der Waals surface area contributed by atoms with E-state index in [1.54, 1.807) is 18.4 Å². The SMILES string of the molecule is O=C(NC1CCN(Cc2nnc(-c3ccco3)o2)CC1)c1ccccc1. The Kier molecular flexibility index (Phi) is 4.79. The summed E-state index contributed by atoms with van der Waals surface area (Å²) in [5.41, 5.74) is 0.700. The van der Waals surface area contributed by atoms with Crippen LogP contribution in [0.3, 0.4) is 0 Å². The topological polar surface area (TPSA) is 84.4 Å². The largest absolute Gasteiger partial charge is 0.459 e. The Hall–Kier alpha value is -2.93. The van der Waals surface area contributed by atoms with Crippen LogP contribution in [0.15, 0.2) is 57.6 Å². The molecule has 2 aromatic heterocycles. The first kappa shape index (κ1) is 16.5. The molecule has 3 aromatic rings. The van der Waals surface area contributed by atoms with Gasteiger partial charge in [-0.3, -0.25) is 9.69 Å². The van der Waals surface area contributed by atoms with Gasteiger partial charge in [0.15, 0.2) is 5.76 Å². The zero-order chi connectivity index (χ0) is 17.8. The van der Waals surface area contributed by atoms with Gasteiger partial charge < -0.3 is 14.2 Å². The number of hydrogen-bond acceptors (Lipinski definition) is 6. The third-order valence-corrected chi connectivity index (χ3v) is 4.52. The van der Waals surface area contributed by atoms with Crippen LogP contribution in [0.1, 0.15) is 29.1 Å². The van der Waals surface area contributed by atoms with Crippen molar-refractivity contribution in [3.05, 3.63) is 60.2 Å². The Bertz CT molecular complexity index is 837. The number of nitrogens with one attached hydrogen (secondary N) is 1. The molecule has 1 aliphatic heterocycles. The Morgan fingerprint density at radius 2 is 1.92 bits per heavy atom. The number of carbonyl (C=O) groups excluding carboxylic acids is 1. The fraction of sp³-hybridized carbons (Fsp3) is 0.316. The maximum absolute atomic E-state index is 12.2. The molecule has 0 radical (unpaired) electrons. The number of aromatic nitrogens is 2. The number of nitrogens with zero attached hydrogens (tertiary/aromatic N) is 3. The summed E-state index contributed by atoms with van der Waals surface area (Å²) in [6.07, 6.45) is 3.38. The molecule has 7 nitrogen and oxygen atoms in total. The molecule has 0 atom stereocenters. The molecule has 1 saturated heterocycles. The first-order chi connectivity index (χ1) is 12.8. The summed E-state index contributed by atoms with van der Waals surface area (Å²) in [4.78, 5) is 14.5. The molecule has 1 aliphatic rings. The van der Waals surface area contributed by atoms with Gasteiger partial charge in [-0.25, -0.2) is 0 Å². The number of amides is 1. The highest BCUT2D eigenvalue weighted by molar-refractivity contribution is 5.94. The minimum Gasteiger partial charge on any atom is -0.459 e. The molecule has 0 saturated carbocycles. The van der Waals surface area contributed by atoms with Gasteiger partial charge in [0.2, 0.25) is 5.89 Å². The predicted molar refractivity (Wildman–Crippen MR) is 94.2 cm³/mol. The van der Waals surface area contributed by atoms with Gasteiger partial charge in [-0.05, 0) is 37.1 Å². The van der Waals surface area contributed by atoms with Gasteiger partial charge in [0.1, 0.15) is 0 Å². The van der Waals surface area contributed by atoms with E-state index in [1.165, 1.54) is 0 Å². The summed E-state index contributed by atoms with van der Waals surface area (Å²) in [5.74, 6) is 1.54. The molecule has 134 valence electrons. The van der Waals surface area contributed by atoms with Crippen LogP contribution < -0.4 is 5.32 Å². The van der Waals surface area contributed by atoms with Crippen molar-refractivity contribution in [2.45, 2.75) is 25.4 Å². The minimum atomic E-state index is -0.0101. The summed E-state index contributed by atoms with van der Waals surface area (Å²) in [7, 11) is 0. The van der Waals surface area contributed by atoms with E-state index in [-0.39, 0.29) is 11.9 Å². The van der Waals surface area contributed by atoms with Crippen LogP contribution in [-0.2, 0) is 6.54 Å². The van der Waals surface area contributed by atoms with Gasteiger partial charge in [-0.1, -0.05) is 18.2 Å². The standard InChI is InChI=1S/C19H20N4O3/c24-18(14-5-2-1-3-6-14)20-15-8-10-23(11-9-15)13-17-21-22-19(26-17)16-7-4-12-25-16/h1-7,12,15H,8-11,13H2,(H,20,24). The lowest BCUT2D eigenvalue weighted by molar-refractivity contribution is 0.0905. The van der Waals surface area contributed by atoms with Crippen molar-refractivity contribution < 1.29 is 13.6 Å². The van der Waals surface area contributed by atoms with E-state index in [9.17, 15) is 4.79 Å². The highest BCUT2D eigenvalue weighted by Gasteiger charge is 2.22. The molecule has 1 fully saturated rings. The molecule has 3 heterocycles. The lowest BCUT2D eigenvalue weighted by Crippen LogP contribution is -2.44. The molecule has 0 bridgehead atoms. The van der Waals surface area contributed by atoms with Crippen LogP contribution in [0.25, 0.3) is 11.7 Å². The number of hydrogen-bond donors (Lipinski definition) is 1. The predicted octanol–water partition coefficient (Wildman–Crippen LogP) is 2.72. The summed E-state index contributed by atoms with van der Waals surface area (Å²) in [6.45, 7) is 2.35. The van der Waals surface area contributed by atoms with Gasteiger partial charge in [0, 0.05) is 24.7 Å². The smallest absolute Gasteiger partial charge is 0.283 e. The molecular weight excluding hydrogens is 332 g/mol. The van der Waals surface area contributed by atoms with Crippen LogP contribution in [0, 0.1) is 0 Å². The molecule has 0 unspecified atom stereocenters. The second kappa shape index (κ2) is 7.53. The summed E-state index contributed by atoms with van der Waals surface area (Å²) >= 11 is 0. The number of carbonyl (C=O) groups is 1. The third kappa shape index (κ3) is 3.83. The van der Waals surface area contributed by atoms with Crippen LogP contribution in [-0.4, -0.2) is 40.1 Å². The molecule has 0 spiro atoms. The zero-order valence-electron chi connectivity index (χ0n) is 14.3. The number of piperidine rings is 1. The Morgan fingerprint density at radius 1 is 1.12 bits per heavy atom. The molecule has 26 heavy (non-hydrogen) atoms. The molecule has 4 rings (SSSR count). The fourth-order valence-corrected chi connectivity index (χ4v) is 3.10. The lowest BCUT2D eigenvalue weighted by Gasteiger charge is -2.31. The van der Waals surface area contributed by atoms with Crippen LogP contribution in [0.5, 0.6) is 0 Å². The number of likely N-dealkylation sites (tertiary alicyclic amines) is 1. The average Bonchev–Trinajstić information content (AvgIpc) is 3.36. The van der Waals surface area contributed by atoms with Crippen molar-refractivity contribution >= 4 is 5.91 Å². The summed E-state index contributed by atoms with van der Waals surface area (Å²) in [5, 5.41) is 11.2. The molecule has 1 N–H and O–H groups in total. The second-order valence-corrected chi connectivity index (χ2v) is 6.37. The third-order valence-electron chi connectivity index (χ3n) is 4.52. The van der Waals surface area contributed by atoms with Crippen LogP contribution >= 0.6 is 0 Å². The average molecular weight is 352 g/mol. The normalized spacial score (nSPS) is 15.8. The van der Waals surface area contributed by atoms with E-state index in [0.29, 0.717) is 29.6 Å². The maximum Gasteiger partial charge on any atom is 0.283 e. The van der Waals surface area contributed by atoms with E-state index in [1.807, 2.05) is 30.3 Å². The van der Waals surface area contributed by atoms with Crippen LogP contribution in [0.2, 0.25) is 0 Å². The summed E-state index contributed by atoms with van der Waals surface area (Å²) < 4.78 is 10.9. The van der Waals surface area contributed by atoms with E-state index in [4.69, 9.17) is 8.83 Å². The minimum absolute atomic E-state index is 0.0101. The fourth-order valence-electron chi connectivity index (χ4n) is 3.10. The first-order valence-corrected chi connectivity index (χ1v) is 8.72. The van der Waals surface area contributed by atoms with Crippen molar-refractivity contribution in [1.82, 2.24) is 20.4 Å². The quantitative estimate of drug-likeness (QED) is 0.760. The van der Waals surface area contributed by atoms with Crippen molar-refractivity contribution in [1.29, 1.82) is 0 Å². The number of furan rings is 1. The van der Waals surface area contributed by atoms with Gasteiger partial charge in [-0.15, -0.1) is 10.2 Å². The van der Waals surface area contributed by atoms with Gasteiger partial charge in [0.25, 0.3) is 11.8 Å².